The SMILES string of the molecule is C/C1=C\CC[C@]2(C)O[C@]3(O)C[C@@H](C)[C@](C)(CC1)C(=O)C3=CC2=O. The van der Waals surface area contributed by atoms with Crippen LogP contribution in [-0.2, 0) is 14.3 Å². The van der Waals surface area contributed by atoms with Crippen LogP contribution in [-0.4, -0.2) is 28.1 Å². The zero-order valence-corrected chi connectivity index (χ0v) is 14.4. The molecule has 0 aromatic rings. The van der Waals surface area contributed by atoms with Crippen LogP contribution < -0.4 is 0 Å². The van der Waals surface area contributed by atoms with E-state index >= 15 is 0 Å². The van der Waals surface area contributed by atoms with Crippen molar-refractivity contribution in [3.63, 3.8) is 0 Å². The summed E-state index contributed by atoms with van der Waals surface area (Å²) in [5.74, 6) is -1.99. The van der Waals surface area contributed by atoms with Gasteiger partial charge in [-0.25, -0.2) is 0 Å². The minimum absolute atomic E-state index is 0.0122. The van der Waals surface area contributed by atoms with E-state index in [1.165, 1.54) is 11.6 Å². The third kappa shape index (κ3) is 2.43. The summed E-state index contributed by atoms with van der Waals surface area (Å²) < 4.78 is 5.91. The summed E-state index contributed by atoms with van der Waals surface area (Å²) in [5.41, 5.74) is -0.234. The third-order valence-corrected chi connectivity index (χ3v) is 6.20. The first-order chi connectivity index (χ1) is 10.6. The summed E-state index contributed by atoms with van der Waals surface area (Å²) in [6, 6.07) is 0. The van der Waals surface area contributed by atoms with Gasteiger partial charge >= 0.3 is 0 Å². The Hall–Kier alpha value is -1.26. The van der Waals surface area contributed by atoms with E-state index in [1.54, 1.807) is 6.92 Å². The quantitative estimate of drug-likeness (QED) is 0.697. The van der Waals surface area contributed by atoms with Crippen LogP contribution in [0.3, 0.4) is 0 Å². The smallest absolute Gasteiger partial charge is 0.197 e. The molecule has 4 atom stereocenters. The zero-order valence-electron chi connectivity index (χ0n) is 14.4. The van der Waals surface area contributed by atoms with E-state index in [-0.39, 0.29) is 23.1 Å². The lowest BCUT2D eigenvalue weighted by molar-refractivity contribution is -0.256. The number of allylic oxidation sites excluding steroid dienone is 2. The van der Waals surface area contributed by atoms with Gasteiger partial charge in [-0.05, 0) is 51.5 Å². The van der Waals surface area contributed by atoms with Gasteiger partial charge in [0.05, 0.1) is 5.57 Å². The van der Waals surface area contributed by atoms with E-state index in [9.17, 15) is 14.7 Å². The number of ether oxygens (including phenoxy) is 1. The molecular formula is C19H26O4. The largest absolute Gasteiger partial charge is 0.362 e. The molecule has 4 heteroatoms. The Balaban J connectivity index is 2.16. The summed E-state index contributed by atoms with van der Waals surface area (Å²) in [6.45, 7) is 7.75. The normalized spacial score (nSPS) is 46.7. The summed E-state index contributed by atoms with van der Waals surface area (Å²) in [7, 11) is 0. The van der Waals surface area contributed by atoms with Gasteiger partial charge in [0.1, 0.15) is 5.60 Å². The van der Waals surface area contributed by atoms with Crippen LogP contribution in [0, 0.1) is 11.3 Å². The lowest BCUT2D eigenvalue weighted by atomic mass is 9.60. The molecule has 1 saturated carbocycles. The van der Waals surface area contributed by atoms with Gasteiger partial charge in [-0.2, -0.15) is 0 Å². The fourth-order valence-electron chi connectivity index (χ4n) is 4.13. The summed E-state index contributed by atoms with van der Waals surface area (Å²) in [6.07, 6.45) is 6.67. The number of hydrogen-bond donors (Lipinski definition) is 1. The van der Waals surface area contributed by atoms with Crippen molar-refractivity contribution in [1.82, 2.24) is 0 Å². The highest BCUT2D eigenvalue weighted by Gasteiger charge is 2.59. The summed E-state index contributed by atoms with van der Waals surface area (Å²) in [5, 5.41) is 11.0. The van der Waals surface area contributed by atoms with Crippen LogP contribution in [0.5, 0.6) is 0 Å². The van der Waals surface area contributed by atoms with E-state index in [2.05, 4.69) is 13.0 Å². The Morgan fingerprint density at radius 1 is 1.26 bits per heavy atom. The minimum atomic E-state index is -1.63. The van der Waals surface area contributed by atoms with Crippen molar-refractivity contribution >= 4 is 11.6 Å². The number of fused-ring (bicyclic) bond motifs is 2. The molecule has 0 spiro atoms. The molecule has 0 aromatic carbocycles. The van der Waals surface area contributed by atoms with Crippen LogP contribution in [0.25, 0.3) is 0 Å². The predicted octanol–water partition coefficient (Wildman–Crippen LogP) is 3.09. The highest BCUT2D eigenvalue weighted by Crippen LogP contribution is 2.52. The van der Waals surface area contributed by atoms with Crippen molar-refractivity contribution in [3.8, 4) is 0 Å². The lowest BCUT2D eigenvalue weighted by Crippen LogP contribution is -2.60. The topological polar surface area (TPSA) is 63.6 Å². The molecular weight excluding hydrogens is 292 g/mol. The molecule has 0 amide bonds. The second-order valence-corrected chi connectivity index (χ2v) is 7.98. The zero-order chi connectivity index (χ0) is 17.0. The number of ketones is 2. The van der Waals surface area contributed by atoms with Crippen LogP contribution in [0.4, 0.5) is 0 Å². The number of carbonyl (C=O) groups is 2. The van der Waals surface area contributed by atoms with Crippen molar-refractivity contribution in [2.24, 2.45) is 11.3 Å². The average Bonchev–Trinajstić information content (AvgIpc) is 2.45. The maximum absolute atomic E-state index is 13.1. The fourth-order valence-corrected chi connectivity index (χ4v) is 4.13. The Labute approximate surface area is 137 Å². The molecule has 0 radical (unpaired) electrons. The third-order valence-electron chi connectivity index (χ3n) is 6.20. The Kier molecular flexibility index (Phi) is 3.69. The highest BCUT2D eigenvalue weighted by molar-refractivity contribution is 6.10. The van der Waals surface area contributed by atoms with E-state index in [0.29, 0.717) is 12.8 Å². The maximum atomic E-state index is 13.1. The number of rotatable bonds is 0. The summed E-state index contributed by atoms with van der Waals surface area (Å²) in [4.78, 5) is 25.7. The molecule has 4 nitrogen and oxygen atoms in total. The van der Waals surface area contributed by atoms with Gasteiger partial charge in [0.15, 0.2) is 17.4 Å². The van der Waals surface area contributed by atoms with Crippen molar-refractivity contribution in [2.75, 3.05) is 0 Å². The number of carbonyl (C=O) groups excluding carboxylic acids is 2. The standard InChI is InChI=1S/C19H26O4/c1-12-6-5-8-18(4)15(20)10-14-16(21)17(3,9-7-12)13(2)11-19(14,22)23-18/h6,10,13,22H,5,7-9,11H2,1-4H3/b12-6+/t13-,17+,18+,19-/m1/s1. The molecule has 23 heavy (non-hydrogen) atoms. The Morgan fingerprint density at radius 3 is 2.65 bits per heavy atom. The molecule has 126 valence electrons. The van der Waals surface area contributed by atoms with Gasteiger partial charge in [0, 0.05) is 11.8 Å². The first kappa shape index (κ1) is 16.6. The molecule has 2 aliphatic carbocycles. The minimum Gasteiger partial charge on any atom is -0.362 e. The molecule has 5 aliphatic rings. The van der Waals surface area contributed by atoms with Gasteiger partial charge in [-0.1, -0.05) is 25.5 Å². The highest BCUT2D eigenvalue weighted by atomic mass is 16.6. The van der Waals surface area contributed by atoms with Crippen molar-refractivity contribution in [1.29, 1.82) is 0 Å². The molecule has 3 heterocycles. The van der Waals surface area contributed by atoms with Crippen LogP contribution in [0.2, 0.25) is 0 Å². The Morgan fingerprint density at radius 2 is 1.96 bits per heavy atom. The second kappa shape index (κ2) is 5.12. The van der Waals surface area contributed by atoms with E-state index in [4.69, 9.17) is 4.74 Å². The average molecular weight is 318 g/mol. The van der Waals surface area contributed by atoms with E-state index < -0.39 is 16.8 Å². The predicted molar refractivity (Wildman–Crippen MR) is 86.6 cm³/mol. The molecule has 5 rings (SSSR count). The molecule has 0 aromatic heterocycles. The first-order valence-electron chi connectivity index (χ1n) is 8.50. The van der Waals surface area contributed by atoms with Crippen LogP contribution >= 0.6 is 0 Å². The van der Waals surface area contributed by atoms with Gasteiger partial charge in [0.25, 0.3) is 0 Å². The lowest BCUT2D eigenvalue weighted by Gasteiger charge is -2.51. The van der Waals surface area contributed by atoms with Crippen LogP contribution in [0.15, 0.2) is 23.3 Å². The van der Waals surface area contributed by atoms with Crippen LogP contribution in [0.1, 0.15) is 59.8 Å². The molecule has 4 bridgehead atoms. The maximum Gasteiger partial charge on any atom is 0.197 e. The van der Waals surface area contributed by atoms with Gasteiger partial charge in [-0.3, -0.25) is 9.59 Å². The monoisotopic (exact) mass is 318 g/mol. The second-order valence-electron chi connectivity index (χ2n) is 7.98. The molecule has 1 N–H and O–H groups in total. The number of hydrogen-bond acceptors (Lipinski definition) is 4. The number of Topliss-reactive ketones (excluding diaryl/α,β-unsaturated/α-hetero) is 1. The van der Waals surface area contributed by atoms with E-state index in [0.717, 1.165) is 19.3 Å². The number of aliphatic hydroxyl groups is 1. The molecule has 0 unspecified atom stereocenters. The van der Waals surface area contributed by atoms with Crippen molar-refractivity contribution < 1.29 is 19.4 Å². The Bertz CT molecular complexity index is 631. The fraction of sp³-hybridized carbons (Fsp3) is 0.684. The molecule has 0 saturated heterocycles. The molecule has 3 aliphatic heterocycles. The van der Waals surface area contributed by atoms with E-state index in [1.807, 2.05) is 13.8 Å². The first-order valence-corrected chi connectivity index (χ1v) is 8.50. The summed E-state index contributed by atoms with van der Waals surface area (Å²) >= 11 is 0. The van der Waals surface area contributed by atoms with Gasteiger partial charge in [0.2, 0.25) is 0 Å². The van der Waals surface area contributed by atoms with Crippen molar-refractivity contribution in [2.45, 2.75) is 71.2 Å². The van der Waals surface area contributed by atoms with Crippen molar-refractivity contribution in [3.05, 3.63) is 23.3 Å². The van der Waals surface area contributed by atoms with Gasteiger partial charge in [-0.15, -0.1) is 0 Å². The van der Waals surface area contributed by atoms with Gasteiger partial charge < -0.3 is 9.84 Å². The molecule has 1 fully saturated rings.